The number of benzene rings is 1. The van der Waals surface area contributed by atoms with Gasteiger partial charge >= 0.3 is 0 Å². The molecule has 0 amide bonds. The lowest BCUT2D eigenvalue weighted by Crippen LogP contribution is -2.27. The van der Waals surface area contributed by atoms with E-state index in [1.165, 1.54) is 6.20 Å². The Kier molecular flexibility index (Phi) is 2.92. The highest BCUT2D eigenvalue weighted by atomic mass is 16.5. The Morgan fingerprint density at radius 3 is 3.17 bits per heavy atom. The largest absolute Gasteiger partial charge is 0.376 e. The molecule has 1 aliphatic rings. The Morgan fingerprint density at radius 1 is 1.50 bits per heavy atom. The van der Waals surface area contributed by atoms with Crippen molar-refractivity contribution in [1.29, 1.82) is 0 Å². The van der Waals surface area contributed by atoms with Crippen molar-refractivity contribution in [3.05, 3.63) is 34.7 Å². The van der Waals surface area contributed by atoms with Crippen LogP contribution in [0.2, 0.25) is 0 Å². The lowest BCUT2D eigenvalue weighted by molar-refractivity contribution is 0.0972. The van der Waals surface area contributed by atoms with Crippen LogP contribution in [0.4, 0.5) is 0 Å². The lowest BCUT2D eigenvalue weighted by atomic mass is 9.96. The summed E-state index contributed by atoms with van der Waals surface area (Å²) in [6, 6.07) is 5.41. The summed E-state index contributed by atoms with van der Waals surface area (Å²) < 4.78 is 7.28. The number of fused-ring (bicyclic) bond motifs is 1. The fraction of sp³-hybridized carbons (Fsp3) is 0.385. The highest BCUT2D eigenvalue weighted by molar-refractivity contribution is 6.33. The Hall–Kier alpha value is -1.62. The maximum absolute atomic E-state index is 11.9. The van der Waals surface area contributed by atoms with Gasteiger partial charge in [-0.15, -0.1) is 0 Å². The van der Waals surface area contributed by atoms with Gasteiger partial charge in [0.1, 0.15) is 7.85 Å². The van der Waals surface area contributed by atoms with E-state index in [9.17, 15) is 4.79 Å². The molecular weight excluding hydrogens is 227 g/mol. The summed E-state index contributed by atoms with van der Waals surface area (Å²) >= 11 is 0. The van der Waals surface area contributed by atoms with Gasteiger partial charge in [-0.1, -0.05) is 11.5 Å². The second-order valence-electron chi connectivity index (χ2n) is 4.59. The van der Waals surface area contributed by atoms with E-state index in [4.69, 9.17) is 12.6 Å². The first kappa shape index (κ1) is 11.5. The molecule has 1 aromatic heterocycles. The van der Waals surface area contributed by atoms with Crippen molar-refractivity contribution in [2.75, 3.05) is 6.61 Å². The maximum Gasteiger partial charge on any atom is 0.269 e. The summed E-state index contributed by atoms with van der Waals surface area (Å²) in [4.78, 5) is 16.1. The smallest absolute Gasteiger partial charge is 0.269 e. The van der Waals surface area contributed by atoms with Crippen LogP contribution in [0.1, 0.15) is 12.8 Å². The zero-order valence-electron chi connectivity index (χ0n) is 10.0. The first-order valence-corrected chi connectivity index (χ1v) is 6.11. The Morgan fingerprint density at radius 2 is 2.39 bits per heavy atom. The van der Waals surface area contributed by atoms with Crippen LogP contribution in [0.15, 0.2) is 29.2 Å². The van der Waals surface area contributed by atoms with Crippen molar-refractivity contribution in [1.82, 2.24) is 9.55 Å². The number of ether oxygens (including phenoxy) is 1. The van der Waals surface area contributed by atoms with Gasteiger partial charge in [-0.3, -0.25) is 4.79 Å². The van der Waals surface area contributed by atoms with E-state index in [-0.39, 0.29) is 11.7 Å². The van der Waals surface area contributed by atoms with Crippen molar-refractivity contribution in [3.63, 3.8) is 0 Å². The van der Waals surface area contributed by atoms with Crippen LogP contribution >= 0.6 is 0 Å². The number of rotatable bonds is 2. The van der Waals surface area contributed by atoms with Crippen LogP contribution in [-0.4, -0.2) is 30.1 Å². The summed E-state index contributed by atoms with van der Waals surface area (Å²) in [6.07, 6.45) is 3.53. The molecule has 90 valence electrons. The van der Waals surface area contributed by atoms with E-state index in [0.717, 1.165) is 30.5 Å². The number of aromatic nitrogens is 2. The SMILES string of the molecule is [B]c1ccc2ncc(=O)n(CC3CCCO3)c2c1. The molecular formula is C13H13BN2O2. The first-order chi connectivity index (χ1) is 8.74. The molecule has 0 N–H and O–H groups in total. The number of hydrogen-bond donors (Lipinski definition) is 0. The van der Waals surface area contributed by atoms with Gasteiger partial charge < -0.3 is 9.30 Å². The summed E-state index contributed by atoms with van der Waals surface area (Å²) in [7, 11) is 5.78. The van der Waals surface area contributed by atoms with Crippen LogP contribution in [0.25, 0.3) is 11.0 Å². The highest BCUT2D eigenvalue weighted by Crippen LogP contribution is 2.15. The maximum atomic E-state index is 11.9. The fourth-order valence-electron chi connectivity index (χ4n) is 2.36. The molecule has 1 aromatic carbocycles. The molecule has 1 unspecified atom stereocenters. The van der Waals surface area contributed by atoms with Crippen molar-refractivity contribution >= 4 is 24.3 Å². The Balaban J connectivity index is 2.10. The van der Waals surface area contributed by atoms with Gasteiger partial charge in [0.2, 0.25) is 0 Å². The quantitative estimate of drug-likeness (QED) is 0.712. The van der Waals surface area contributed by atoms with E-state index in [2.05, 4.69) is 4.98 Å². The minimum Gasteiger partial charge on any atom is -0.376 e. The fourth-order valence-corrected chi connectivity index (χ4v) is 2.36. The summed E-state index contributed by atoms with van der Waals surface area (Å²) in [6.45, 7) is 1.35. The van der Waals surface area contributed by atoms with Crippen molar-refractivity contribution < 1.29 is 4.74 Å². The third-order valence-corrected chi connectivity index (χ3v) is 3.28. The minimum absolute atomic E-state index is 0.108. The molecule has 0 bridgehead atoms. The third-order valence-electron chi connectivity index (χ3n) is 3.28. The molecule has 2 heterocycles. The van der Waals surface area contributed by atoms with Crippen molar-refractivity contribution in [3.8, 4) is 0 Å². The molecule has 4 nitrogen and oxygen atoms in total. The van der Waals surface area contributed by atoms with E-state index in [1.54, 1.807) is 16.7 Å². The molecule has 18 heavy (non-hydrogen) atoms. The van der Waals surface area contributed by atoms with Gasteiger partial charge in [0, 0.05) is 6.61 Å². The van der Waals surface area contributed by atoms with Gasteiger partial charge in [-0.2, -0.15) is 0 Å². The average Bonchev–Trinajstić information content (AvgIpc) is 2.86. The standard InChI is InChI=1S/C13H13BN2O2/c14-9-3-4-11-12(6-9)16(13(17)7-15-11)8-10-2-1-5-18-10/h3-4,6-7,10H,1-2,5,8H2. The minimum atomic E-state index is -0.108. The van der Waals surface area contributed by atoms with E-state index in [0.29, 0.717) is 12.0 Å². The molecule has 1 aliphatic heterocycles. The summed E-state index contributed by atoms with van der Waals surface area (Å²) in [5.41, 5.74) is 2.08. The van der Waals surface area contributed by atoms with Gasteiger partial charge in [0.05, 0.1) is 29.9 Å². The molecule has 3 rings (SSSR count). The second kappa shape index (κ2) is 4.57. The van der Waals surface area contributed by atoms with Crippen LogP contribution in [0.5, 0.6) is 0 Å². The summed E-state index contributed by atoms with van der Waals surface area (Å²) in [5, 5.41) is 0. The van der Waals surface area contributed by atoms with Gasteiger partial charge in [0.15, 0.2) is 0 Å². The van der Waals surface area contributed by atoms with E-state index < -0.39 is 0 Å². The van der Waals surface area contributed by atoms with Gasteiger partial charge in [-0.25, -0.2) is 4.98 Å². The lowest BCUT2D eigenvalue weighted by Gasteiger charge is -2.14. The van der Waals surface area contributed by atoms with Crippen molar-refractivity contribution in [2.45, 2.75) is 25.5 Å². The monoisotopic (exact) mass is 240 g/mol. The van der Waals surface area contributed by atoms with Gasteiger partial charge in [0.25, 0.3) is 5.56 Å². The number of nitrogens with zero attached hydrogens (tertiary/aromatic N) is 2. The Bertz CT molecular complexity index is 632. The van der Waals surface area contributed by atoms with E-state index in [1.807, 2.05) is 6.07 Å². The molecule has 1 atom stereocenters. The topological polar surface area (TPSA) is 44.1 Å². The summed E-state index contributed by atoms with van der Waals surface area (Å²) in [5.74, 6) is 0. The molecule has 1 fully saturated rings. The molecule has 0 spiro atoms. The van der Waals surface area contributed by atoms with Crippen molar-refractivity contribution in [2.24, 2.45) is 0 Å². The molecule has 2 radical (unpaired) electrons. The zero-order valence-corrected chi connectivity index (χ0v) is 10.0. The average molecular weight is 240 g/mol. The molecule has 0 aliphatic carbocycles. The normalized spacial score (nSPS) is 19.4. The van der Waals surface area contributed by atoms with Crippen LogP contribution < -0.4 is 11.0 Å². The molecule has 2 aromatic rings. The van der Waals surface area contributed by atoms with Crippen LogP contribution in [-0.2, 0) is 11.3 Å². The van der Waals surface area contributed by atoms with Gasteiger partial charge in [-0.05, 0) is 25.0 Å². The van der Waals surface area contributed by atoms with E-state index >= 15 is 0 Å². The Labute approximate surface area is 106 Å². The second-order valence-corrected chi connectivity index (χ2v) is 4.59. The first-order valence-electron chi connectivity index (χ1n) is 6.11. The molecule has 0 saturated carbocycles. The predicted octanol–water partition coefficient (Wildman–Crippen LogP) is 0.369. The molecule has 5 heteroatoms. The molecule has 1 saturated heterocycles. The highest BCUT2D eigenvalue weighted by Gasteiger charge is 2.17. The number of hydrogen-bond acceptors (Lipinski definition) is 3. The van der Waals surface area contributed by atoms with Crippen LogP contribution in [0, 0.1) is 0 Å². The third kappa shape index (κ3) is 2.06. The zero-order chi connectivity index (χ0) is 12.5. The predicted molar refractivity (Wildman–Crippen MR) is 70.4 cm³/mol. The van der Waals surface area contributed by atoms with Crippen LogP contribution in [0.3, 0.4) is 0 Å².